The Morgan fingerprint density at radius 3 is 2.58 bits per heavy atom. The summed E-state index contributed by atoms with van der Waals surface area (Å²) < 4.78 is 40.3. The molecule has 1 aromatic carbocycles. The summed E-state index contributed by atoms with van der Waals surface area (Å²) in [5, 5.41) is 0. The van der Waals surface area contributed by atoms with Gasteiger partial charge in [-0.15, -0.1) is 0 Å². The molecule has 0 radical (unpaired) electrons. The van der Waals surface area contributed by atoms with Gasteiger partial charge in [0, 0.05) is 38.7 Å². The van der Waals surface area contributed by atoms with Crippen molar-refractivity contribution in [3.8, 4) is 11.5 Å². The number of carbonyl (C=O) groups excluding carboxylic acids is 2. The monoisotopic (exact) mass is 559 g/mol. The Morgan fingerprint density at radius 1 is 1.05 bits per heavy atom. The maximum atomic E-state index is 13.5. The van der Waals surface area contributed by atoms with E-state index in [2.05, 4.69) is 4.90 Å². The minimum Gasteiger partial charge on any atom is -0.492 e. The van der Waals surface area contributed by atoms with E-state index < -0.39 is 30.1 Å². The van der Waals surface area contributed by atoms with E-state index in [-0.39, 0.29) is 24.1 Å². The molecule has 0 saturated carbocycles. The van der Waals surface area contributed by atoms with E-state index in [0.29, 0.717) is 43.3 Å². The lowest BCUT2D eigenvalue weighted by Crippen LogP contribution is -2.38. The molecular formula is C30H41NO9. The van der Waals surface area contributed by atoms with Gasteiger partial charge in [0.05, 0.1) is 19.3 Å². The summed E-state index contributed by atoms with van der Waals surface area (Å²) in [6.45, 7) is 11.6. The largest absolute Gasteiger partial charge is 0.492 e. The molecule has 40 heavy (non-hydrogen) atoms. The van der Waals surface area contributed by atoms with Crippen LogP contribution in [0.2, 0.25) is 0 Å². The standard InChI is InChI=1S/C30H41NO9/c1-20-9-10-24(32)28-25(39-30(3,4)40-28)8-6-7-22-17-23(36-16-13-31-11-14-35-15-12-31)18-26(37-19-34-5)27(22)29(33)38-21(20)2/h6-7,9-10,17-18,20-21,25,28H,8,11-16,19H2,1-5H3/b7-6?,10-9-/t20-,21?,25?,28?/m1/s1. The first kappa shape index (κ1) is 30.2. The Bertz CT molecular complexity index is 1090. The average Bonchev–Trinajstić information content (AvgIpc) is 3.24. The van der Waals surface area contributed by atoms with E-state index >= 15 is 0 Å². The van der Waals surface area contributed by atoms with Crippen molar-refractivity contribution in [3.63, 3.8) is 0 Å². The molecule has 2 saturated heterocycles. The number of benzene rings is 1. The summed E-state index contributed by atoms with van der Waals surface area (Å²) in [7, 11) is 1.51. The second-order valence-corrected chi connectivity index (χ2v) is 10.7. The van der Waals surface area contributed by atoms with Gasteiger partial charge < -0.3 is 33.2 Å². The van der Waals surface area contributed by atoms with Gasteiger partial charge in [0.15, 0.2) is 18.4 Å². The molecule has 3 aliphatic heterocycles. The highest BCUT2D eigenvalue weighted by molar-refractivity contribution is 5.97. The fourth-order valence-electron chi connectivity index (χ4n) is 4.81. The molecule has 0 spiro atoms. The summed E-state index contributed by atoms with van der Waals surface area (Å²) in [4.78, 5) is 28.8. The molecule has 1 aromatic rings. The van der Waals surface area contributed by atoms with Crippen molar-refractivity contribution >= 4 is 17.8 Å². The fourth-order valence-corrected chi connectivity index (χ4v) is 4.81. The molecule has 4 atom stereocenters. The van der Waals surface area contributed by atoms with Crippen molar-refractivity contribution in [1.29, 1.82) is 0 Å². The number of morpholine rings is 1. The van der Waals surface area contributed by atoms with Crippen molar-refractivity contribution < 1.29 is 42.7 Å². The summed E-state index contributed by atoms with van der Waals surface area (Å²) in [5.74, 6) is -0.990. The van der Waals surface area contributed by atoms with Gasteiger partial charge in [-0.2, -0.15) is 0 Å². The van der Waals surface area contributed by atoms with Crippen LogP contribution in [0.4, 0.5) is 0 Å². The molecule has 3 unspecified atom stereocenters. The Morgan fingerprint density at radius 2 is 1.82 bits per heavy atom. The van der Waals surface area contributed by atoms with Gasteiger partial charge in [-0.25, -0.2) is 4.79 Å². The third kappa shape index (κ3) is 7.92. The number of cyclic esters (lactones) is 1. The van der Waals surface area contributed by atoms with E-state index in [1.807, 2.05) is 13.0 Å². The minimum atomic E-state index is -0.890. The molecule has 0 aromatic heterocycles. The molecule has 0 aliphatic carbocycles. The normalized spacial score (nSPS) is 28.2. The maximum Gasteiger partial charge on any atom is 0.342 e. The Hall–Kier alpha value is -2.76. The van der Waals surface area contributed by atoms with Gasteiger partial charge in [0.1, 0.15) is 35.9 Å². The molecule has 220 valence electrons. The number of methoxy groups -OCH3 is 1. The highest BCUT2D eigenvalue weighted by Gasteiger charge is 2.43. The third-order valence-electron chi connectivity index (χ3n) is 7.15. The number of ketones is 1. The van der Waals surface area contributed by atoms with Gasteiger partial charge in [-0.05, 0) is 44.9 Å². The lowest BCUT2D eigenvalue weighted by molar-refractivity contribution is -0.152. The van der Waals surface area contributed by atoms with Gasteiger partial charge in [0.2, 0.25) is 0 Å². The summed E-state index contributed by atoms with van der Waals surface area (Å²) in [6.07, 6.45) is 5.56. The Kier molecular flexibility index (Phi) is 10.4. The molecule has 0 bridgehead atoms. The lowest BCUT2D eigenvalue weighted by atomic mass is 9.99. The van der Waals surface area contributed by atoms with Gasteiger partial charge >= 0.3 is 5.97 Å². The number of rotatable bonds is 7. The van der Waals surface area contributed by atoms with Crippen molar-refractivity contribution in [2.45, 2.75) is 58.2 Å². The number of hydrogen-bond donors (Lipinski definition) is 0. The number of esters is 1. The van der Waals surface area contributed by atoms with Crippen molar-refractivity contribution in [2.75, 3.05) is 53.4 Å². The van der Waals surface area contributed by atoms with E-state index in [9.17, 15) is 9.59 Å². The zero-order valence-corrected chi connectivity index (χ0v) is 24.1. The summed E-state index contributed by atoms with van der Waals surface area (Å²) in [6, 6.07) is 3.49. The summed E-state index contributed by atoms with van der Waals surface area (Å²) >= 11 is 0. The van der Waals surface area contributed by atoms with E-state index in [0.717, 1.165) is 19.6 Å². The second kappa shape index (κ2) is 13.7. The van der Waals surface area contributed by atoms with E-state index in [1.165, 1.54) is 13.2 Å². The minimum absolute atomic E-state index is 0.0541. The lowest BCUT2D eigenvalue weighted by Gasteiger charge is -2.26. The highest BCUT2D eigenvalue weighted by Crippen LogP contribution is 2.34. The third-order valence-corrected chi connectivity index (χ3v) is 7.15. The Balaban J connectivity index is 1.66. The molecule has 4 rings (SSSR count). The zero-order valence-electron chi connectivity index (χ0n) is 24.1. The number of ether oxygens (including phenoxy) is 7. The Labute approximate surface area is 236 Å². The van der Waals surface area contributed by atoms with Crippen LogP contribution in [0.5, 0.6) is 11.5 Å². The first-order chi connectivity index (χ1) is 19.2. The number of fused-ring (bicyclic) bond motifs is 2. The number of carbonyl (C=O) groups is 2. The SMILES string of the molecule is COCOc1cc(OCCN2CCOCC2)cc2c1C(=O)OC(C)[C@H](C)/C=C\C(=O)C1OC(C)(C)OC1CC=C2. The van der Waals surface area contributed by atoms with E-state index in [1.54, 1.807) is 45.1 Å². The topological polar surface area (TPSA) is 102 Å². The van der Waals surface area contributed by atoms with Crippen LogP contribution in [0, 0.1) is 5.92 Å². The van der Waals surface area contributed by atoms with Crippen LogP contribution in [-0.4, -0.2) is 94.1 Å². The van der Waals surface area contributed by atoms with Crippen LogP contribution in [0.15, 0.2) is 30.4 Å². The highest BCUT2D eigenvalue weighted by atomic mass is 16.8. The van der Waals surface area contributed by atoms with Crippen LogP contribution in [0.25, 0.3) is 6.08 Å². The fraction of sp³-hybridized carbons (Fsp3) is 0.600. The molecule has 3 aliphatic rings. The number of hydrogen-bond acceptors (Lipinski definition) is 10. The van der Waals surface area contributed by atoms with Gasteiger partial charge in [-0.1, -0.05) is 25.2 Å². The summed E-state index contributed by atoms with van der Waals surface area (Å²) in [5.41, 5.74) is 0.832. The van der Waals surface area contributed by atoms with Crippen molar-refractivity contribution in [2.24, 2.45) is 5.92 Å². The van der Waals surface area contributed by atoms with Crippen molar-refractivity contribution in [1.82, 2.24) is 4.90 Å². The molecule has 3 heterocycles. The zero-order chi connectivity index (χ0) is 28.7. The van der Waals surface area contributed by atoms with Crippen LogP contribution in [0.1, 0.15) is 50.0 Å². The smallest absolute Gasteiger partial charge is 0.342 e. The van der Waals surface area contributed by atoms with Crippen LogP contribution in [0.3, 0.4) is 0 Å². The van der Waals surface area contributed by atoms with Crippen LogP contribution < -0.4 is 9.47 Å². The average molecular weight is 560 g/mol. The van der Waals surface area contributed by atoms with Gasteiger partial charge in [0.25, 0.3) is 0 Å². The van der Waals surface area contributed by atoms with E-state index in [4.69, 9.17) is 33.2 Å². The quantitative estimate of drug-likeness (QED) is 0.364. The maximum absolute atomic E-state index is 13.5. The molecule has 0 amide bonds. The van der Waals surface area contributed by atoms with Crippen LogP contribution >= 0.6 is 0 Å². The molecule has 2 fully saturated rings. The molecular weight excluding hydrogens is 518 g/mol. The second-order valence-electron chi connectivity index (χ2n) is 10.7. The molecule has 10 heteroatoms. The number of nitrogens with zero attached hydrogens (tertiary/aromatic N) is 1. The molecule has 0 N–H and O–H groups in total. The van der Waals surface area contributed by atoms with Crippen LogP contribution in [-0.2, 0) is 28.5 Å². The van der Waals surface area contributed by atoms with Crippen molar-refractivity contribution in [3.05, 3.63) is 41.5 Å². The predicted molar refractivity (Wildman–Crippen MR) is 147 cm³/mol. The first-order valence-corrected chi connectivity index (χ1v) is 13.8. The predicted octanol–water partition coefficient (Wildman–Crippen LogP) is 3.62. The first-order valence-electron chi connectivity index (χ1n) is 13.8. The van der Waals surface area contributed by atoms with Gasteiger partial charge in [-0.3, -0.25) is 9.69 Å². The molecule has 10 nitrogen and oxygen atoms in total.